The summed E-state index contributed by atoms with van der Waals surface area (Å²) in [5, 5.41) is -0.551. The summed E-state index contributed by atoms with van der Waals surface area (Å²) in [7, 11) is -3.29. The van der Waals surface area contributed by atoms with Crippen molar-refractivity contribution in [1.29, 1.82) is 0 Å². The molecular weight excluding hydrogens is 362 g/mol. The lowest BCUT2D eigenvalue weighted by Gasteiger charge is -2.30. The molecule has 2 atom stereocenters. The van der Waals surface area contributed by atoms with Crippen LogP contribution >= 0.6 is 0 Å². The van der Waals surface area contributed by atoms with E-state index in [4.69, 9.17) is 4.74 Å². The highest BCUT2D eigenvalue weighted by Crippen LogP contribution is 2.31. The van der Waals surface area contributed by atoms with Gasteiger partial charge in [0, 0.05) is 13.1 Å². The molecule has 142 valence electrons. The molecule has 2 aliphatic rings. The molecule has 0 radical (unpaired) electrons. The van der Waals surface area contributed by atoms with Crippen LogP contribution < -0.4 is 4.74 Å². The van der Waals surface area contributed by atoms with E-state index >= 15 is 0 Å². The van der Waals surface area contributed by atoms with Crippen LogP contribution in [-0.4, -0.2) is 44.2 Å². The minimum atomic E-state index is -3.29. The van der Waals surface area contributed by atoms with Gasteiger partial charge in [0.2, 0.25) is 0 Å². The first-order valence-electron chi connectivity index (χ1n) is 9.34. The molecule has 0 unspecified atom stereocenters. The Morgan fingerprint density at radius 2 is 1.70 bits per heavy atom. The molecule has 0 spiro atoms. The number of fused-ring (bicyclic) bond motifs is 1. The maximum atomic E-state index is 13.0. The molecule has 5 nitrogen and oxygen atoms in total. The van der Waals surface area contributed by atoms with E-state index in [0.29, 0.717) is 19.4 Å². The summed E-state index contributed by atoms with van der Waals surface area (Å²) in [5.41, 5.74) is 1.92. The molecule has 1 saturated heterocycles. The first kappa shape index (κ1) is 18.0. The number of benzene rings is 2. The van der Waals surface area contributed by atoms with Crippen molar-refractivity contribution in [1.82, 2.24) is 4.90 Å². The Morgan fingerprint density at radius 1 is 0.963 bits per heavy atom. The number of hydrogen-bond acceptors (Lipinski definition) is 4. The average Bonchev–Trinajstić information content (AvgIpc) is 2.85. The van der Waals surface area contributed by atoms with Crippen molar-refractivity contribution in [2.75, 3.05) is 18.8 Å². The van der Waals surface area contributed by atoms with Crippen molar-refractivity contribution >= 4 is 15.7 Å². The van der Waals surface area contributed by atoms with E-state index in [9.17, 15) is 13.2 Å². The Bertz CT molecular complexity index is 926. The van der Waals surface area contributed by atoms with Gasteiger partial charge < -0.3 is 9.64 Å². The van der Waals surface area contributed by atoms with Gasteiger partial charge >= 0.3 is 0 Å². The minimum Gasteiger partial charge on any atom is -0.480 e. The van der Waals surface area contributed by atoms with Crippen LogP contribution in [0.25, 0.3) is 0 Å². The molecule has 27 heavy (non-hydrogen) atoms. The highest BCUT2D eigenvalue weighted by Gasteiger charge is 2.36. The molecule has 0 bridgehead atoms. The topological polar surface area (TPSA) is 63.7 Å². The third-order valence-corrected chi connectivity index (χ3v) is 7.54. The van der Waals surface area contributed by atoms with E-state index in [1.54, 1.807) is 4.90 Å². The maximum absolute atomic E-state index is 13.0. The molecule has 2 aromatic carbocycles. The molecule has 6 heteroatoms. The quantitative estimate of drug-likeness (QED) is 0.797. The Balaban J connectivity index is 1.49. The number of rotatable bonds is 2. The molecule has 0 saturated carbocycles. The van der Waals surface area contributed by atoms with Gasteiger partial charge in [0.1, 0.15) is 5.75 Å². The molecule has 0 aromatic heterocycles. The van der Waals surface area contributed by atoms with E-state index in [-0.39, 0.29) is 18.2 Å². The van der Waals surface area contributed by atoms with Crippen LogP contribution in [-0.2, 0) is 21.1 Å². The fraction of sp³-hybridized carbons (Fsp3) is 0.381. The van der Waals surface area contributed by atoms with Crippen molar-refractivity contribution in [2.24, 2.45) is 0 Å². The number of hydrogen-bond donors (Lipinski definition) is 0. The Kier molecular flexibility index (Phi) is 4.91. The molecule has 0 N–H and O–H groups in total. The van der Waals surface area contributed by atoms with E-state index in [2.05, 4.69) is 0 Å². The first-order valence-corrected chi connectivity index (χ1v) is 11.1. The SMILES string of the molecule is O=C([C@@H]1CCc2ccccc2O1)N1CC[C@H](c2ccccc2)S(=O)(=O)CC1. The van der Waals surface area contributed by atoms with Gasteiger partial charge in [-0.25, -0.2) is 8.42 Å². The summed E-state index contributed by atoms with van der Waals surface area (Å²) in [4.78, 5) is 14.6. The number of amides is 1. The van der Waals surface area contributed by atoms with E-state index in [0.717, 1.165) is 23.3 Å². The van der Waals surface area contributed by atoms with Crippen LogP contribution in [0.2, 0.25) is 0 Å². The van der Waals surface area contributed by atoms with Gasteiger partial charge in [0.05, 0.1) is 11.0 Å². The van der Waals surface area contributed by atoms with Crippen molar-refractivity contribution in [2.45, 2.75) is 30.6 Å². The first-order chi connectivity index (χ1) is 13.0. The number of aryl methyl sites for hydroxylation is 1. The Hall–Kier alpha value is -2.34. The van der Waals surface area contributed by atoms with Gasteiger partial charge in [0.25, 0.3) is 5.91 Å². The summed E-state index contributed by atoms with van der Waals surface area (Å²) in [6.07, 6.45) is 1.31. The van der Waals surface area contributed by atoms with Gasteiger partial charge in [-0.2, -0.15) is 0 Å². The molecular formula is C21H23NO4S. The summed E-state index contributed by atoms with van der Waals surface area (Å²) < 4.78 is 31.4. The molecule has 2 aliphatic heterocycles. The van der Waals surface area contributed by atoms with Gasteiger partial charge in [-0.05, 0) is 36.5 Å². The van der Waals surface area contributed by atoms with Crippen LogP contribution in [0.5, 0.6) is 5.75 Å². The number of nitrogens with zero attached hydrogens (tertiary/aromatic N) is 1. The largest absolute Gasteiger partial charge is 0.480 e. The van der Waals surface area contributed by atoms with Gasteiger partial charge in [-0.3, -0.25) is 4.79 Å². The lowest BCUT2D eigenvalue weighted by molar-refractivity contribution is -0.139. The monoisotopic (exact) mass is 385 g/mol. The maximum Gasteiger partial charge on any atom is 0.263 e. The number of sulfone groups is 1. The van der Waals surface area contributed by atoms with E-state index in [1.165, 1.54) is 0 Å². The standard InChI is InChI=1S/C21H23NO4S/c23-21(19-11-10-16-6-4-5-9-18(16)26-19)22-13-12-20(27(24,25)15-14-22)17-7-2-1-3-8-17/h1-9,19-20H,10-15H2/t19-,20+/m0/s1. The molecule has 2 heterocycles. The van der Waals surface area contributed by atoms with Crippen molar-refractivity contribution in [3.63, 3.8) is 0 Å². The van der Waals surface area contributed by atoms with Crippen LogP contribution in [0.4, 0.5) is 0 Å². The summed E-state index contributed by atoms with van der Waals surface area (Å²) >= 11 is 0. The molecule has 0 aliphatic carbocycles. The molecule has 4 rings (SSSR count). The van der Waals surface area contributed by atoms with Gasteiger partial charge in [0.15, 0.2) is 15.9 Å². The third kappa shape index (κ3) is 3.72. The zero-order chi connectivity index (χ0) is 18.9. The second-order valence-electron chi connectivity index (χ2n) is 7.13. The van der Waals surface area contributed by atoms with Crippen LogP contribution in [0.3, 0.4) is 0 Å². The predicted molar refractivity (Wildman–Crippen MR) is 103 cm³/mol. The fourth-order valence-corrected chi connectivity index (χ4v) is 5.70. The van der Waals surface area contributed by atoms with Crippen molar-refractivity contribution in [3.05, 3.63) is 65.7 Å². The second kappa shape index (κ2) is 7.35. The lowest BCUT2D eigenvalue weighted by Crippen LogP contribution is -2.44. The molecule has 1 fully saturated rings. The number of carbonyl (C=O) groups excluding carboxylic acids is 1. The summed E-state index contributed by atoms with van der Waals surface area (Å²) in [5.74, 6) is 0.641. The van der Waals surface area contributed by atoms with Crippen molar-refractivity contribution in [3.8, 4) is 5.75 Å². The predicted octanol–water partition coefficient (Wildman–Crippen LogP) is 2.77. The fourth-order valence-electron chi connectivity index (χ4n) is 3.91. The van der Waals surface area contributed by atoms with Crippen LogP contribution in [0.1, 0.15) is 29.2 Å². The number of carbonyl (C=O) groups is 1. The van der Waals surface area contributed by atoms with Gasteiger partial charge in [-0.1, -0.05) is 48.5 Å². The lowest BCUT2D eigenvalue weighted by atomic mass is 10.0. The number of ether oxygens (including phenoxy) is 1. The minimum absolute atomic E-state index is 0.0123. The van der Waals surface area contributed by atoms with E-state index < -0.39 is 21.2 Å². The number of para-hydroxylation sites is 1. The van der Waals surface area contributed by atoms with Gasteiger partial charge in [-0.15, -0.1) is 0 Å². The van der Waals surface area contributed by atoms with Crippen LogP contribution in [0, 0.1) is 0 Å². The average molecular weight is 385 g/mol. The second-order valence-corrected chi connectivity index (χ2v) is 9.44. The zero-order valence-corrected chi connectivity index (χ0v) is 15.9. The smallest absolute Gasteiger partial charge is 0.263 e. The van der Waals surface area contributed by atoms with Crippen LogP contribution in [0.15, 0.2) is 54.6 Å². The van der Waals surface area contributed by atoms with Crippen molar-refractivity contribution < 1.29 is 17.9 Å². The summed E-state index contributed by atoms with van der Waals surface area (Å²) in [6, 6.07) is 17.0. The molecule has 2 aromatic rings. The third-order valence-electron chi connectivity index (χ3n) is 5.42. The zero-order valence-electron chi connectivity index (χ0n) is 15.1. The highest BCUT2D eigenvalue weighted by atomic mass is 32.2. The van der Waals surface area contributed by atoms with E-state index in [1.807, 2.05) is 54.6 Å². The summed E-state index contributed by atoms with van der Waals surface area (Å²) in [6.45, 7) is 0.658. The Labute approximate surface area is 159 Å². The Morgan fingerprint density at radius 3 is 2.52 bits per heavy atom. The normalized spacial score (nSPS) is 24.4. The highest BCUT2D eigenvalue weighted by molar-refractivity contribution is 7.91. The molecule has 1 amide bonds.